The molecule has 0 fully saturated rings. The lowest BCUT2D eigenvalue weighted by Crippen LogP contribution is -2.19. The fourth-order valence-electron chi connectivity index (χ4n) is 1.40. The predicted octanol–water partition coefficient (Wildman–Crippen LogP) is 4.08. The van der Waals surface area contributed by atoms with Gasteiger partial charge in [-0.25, -0.2) is 0 Å². The lowest BCUT2D eigenvalue weighted by Gasteiger charge is -2.12. The number of halogens is 1. The SMILES string of the molecule is CCCOc1ccc(C(=O)C(Br)C(C)C)cc1. The van der Waals surface area contributed by atoms with E-state index in [0.29, 0.717) is 12.5 Å². The molecule has 2 nitrogen and oxygen atoms in total. The van der Waals surface area contributed by atoms with Crippen LogP contribution in [0.4, 0.5) is 0 Å². The lowest BCUT2D eigenvalue weighted by molar-refractivity contribution is 0.0978. The van der Waals surface area contributed by atoms with Gasteiger partial charge in [-0.2, -0.15) is 0 Å². The van der Waals surface area contributed by atoms with Crippen LogP contribution in [0.2, 0.25) is 0 Å². The van der Waals surface area contributed by atoms with Gasteiger partial charge in [-0.1, -0.05) is 36.7 Å². The lowest BCUT2D eigenvalue weighted by atomic mass is 10.0. The van der Waals surface area contributed by atoms with Gasteiger partial charge in [-0.3, -0.25) is 4.79 Å². The minimum absolute atomic E-state index is 0.120. The van der Waals surface area contributed by atoms with E-state index in [0.717, 1.165) is 17.7 Å². The molecule has 0 saturated heterocycles. The van der Waals surface area contributed by atoms with Gasteiger partial charge in [0.15, 0.2) is 5.78 Å². The van der Waals surface area contributed by atoms with E-state index in [1.54, 1.807) is 0 Å². The Hall–Kier alpha value is -0.830. The molecule has 0 aliphatic rings. The third kappa shape index (κ3) is 4.15. The zero-order valence-electron chi connectivity index (χ0n) is 10.6. The van der Waals surface area contributed by atoms with Crippen molar-refractivity contribution in [3.63, 3.8) is 0 Å². The predicted molar refractivity (Wildman–Crippen MR) is 74.1 cm³/mol. The Labute approximate surface area is 111 Å². The normalized spacial score (nSPS) is 12.5. The summed E-state index contributed by atoms with van der Waals surface area (Å²) >= 11 is 3.42. The van der Waals surface area contributed by atoms with Crippen LogP contribution < -0.4 is 4.74 Å². The molecule has 94 valence electrons. The number of Topliss-reactive ketones (excluding diaryl/α,β-unsaturated/α-hetero) is 1. The molecule has 1 atom stereocenters. The number of hydrogen-bond acceptors (Lipinski definition) is 2. The Balaban J connectivity index is 2.70. The number of hydrogen-bond donors (Lipinski definition) is 0. The van der Waals surface area contributed by atoms with Crippen molar-refractivity contribution in [1.82, 2.24) is 0 Å². The van der Waals surface area contributed by atoms with Crippen LogP contribution in [0.5, 0.6) is 5.75 Å². The molecule has 17 heavy (non-hydrogen) atoms. The molecule has 0 aliphatic heterocycles. The van der Waals surface area contributed by atoms with Crippen LogP contribution in [-0.2, 0) is 0 Å². The second-order valence-electron chi connectivity index (χ2n) is 4.38. The van der Waals surface area contributed by atoms with Crippen LogP contribution in [0.25, 0.3) is 0 Å². The Morgan fingerprint density at radius 2 is 1.88 bits per heavy atom. The first-order valence-corrected chi connectivity index (χ1v) is 6.89. The number of carbonyl (C=O) groups is 1. The van der Waals surface area contributed by atoms with Gasteiger partial charge in [0, 0.05) is 5.56 Å². The van der Waals surface area contributed by atoms with Crippen LogP contribution in [-0.4, -0.2) is 17.2 Å². The molecule has 0 aromatic heterocycles. The second-order valence-corrected chi connectivity index (χ2v) is 5.37. The van der Waals surface area contributed by atoms with Gasteiger partial charge in [0.05, 0.1) is 11.4 Å². The first kappa shape index (κ1) is 14.2. The Kier molecular flexibility index (Phi) is 5.69. The van der Waals surface area contributed by atoms with E-state index >= 15 is 0 Å². The summed E-state index contributed by atoms with van der Waals surface area (Å²) in [7, 11) is 0. The maximum atomic E-state index is 12.0. The number of alkyl halides is 1. The highest BCUT2D eigenvalue weighted by atomic mass is 79.9. The minimum atomic E-state index is -0.120. The number of ether oxygens (including phenoxy) is 1. The molecule has 0 saturated carbocycles. The number of ketones is 1. The number of benzene rings is 1. The maximum absolute atomic E-state index is 12.0. The molecule has 0 heterocycles. The molecule has 0 radical (unpaired) electrons. The summed E-state index contributed by atoms with van der Waals surface area (Å²) in [6, 6.07) is 7.35. The average molecular weight is 299 g/mol. The van der Waals surface area contributed by atoms with E-state index in [4.69, 9.17) is 4.74 Å². The van der Waals surface area contributed by atoms with Crippen LogP contribution in [0.1, 0.15) is 37.6 Å². The highest BCUT2D eigenvalue weighted by Gasteiger charge is 2.19. The molecule has 1 aromatic rings. The Morgan fingerprint density at radius 3 is 2.35 bits per heavy atom. The summed E-state index contributed by atoms with van der Waals surface area (Å²) < 4.78 is 5.47. The number of rotatable bonds is 6. The molecule has 1 aromatic carbocycles. The summed E-state index contributed by atoms with van der Waals surface area (Å²) in [6.07, 6.45) is 0.984. The molecule has 0 spiro atoms. The number of carbonyl (C=O) groups excluding carboxylic acids is 1. The summed E-state index contributed by atoms with van der Waals surface area (Å²) in [4.78, 5) is 11.9. The van der Waals surface area contributed by atoms with Crippen LogP contribution in [0.15, 0.2) is 24.3 Å². The quantitative estimate of drug-likeness (QED) is 0.584. The standard InChI is InChI=1S/C14H19BrO2/c1-4-9-17-12-7-5-11(6-8-12)14(16)13(15)10(2)3/h5-8,10,13H,4,9H2,1-3H3. The Morgan fingerprint density at radius 1 is 1.29 bits per heavy atom. The molecule has 1 unspecified atom stereocenters. The van der Waals surface area contributed by atoms with Gasteiger partial charge in [0.2, 0.25) is 0 Å². The highest BCUT2D eigenvalue weighted by molar-refractivity contribution is 9.10. The monoisotopic (exact) mass is 298 g/mol. The van der Waals surface area contributed by atoms with E-state index in [-0.39, 0.29) is 10.6 Å². The van der Waals surface area contributed by atoms with Gasteiger partial charge in [-0.15, -0.1) is 0 Å². The van der Waals surface area contributed by atoms with Crippen LogP contribution in [0, 0.1) is 5.92 Å². The molecular formula is C14H19BrO2. The van der Waals surface area contributed by atoms with Crippen molar-refractivity contribution in [2.24, 2.45) is 5.92 Å². The van der Waals surface area contributed by atoms with E-state index in [9.17, 15) is 4.79 Å². The van der Waals surface area contributed by atoms with Crippen LogP contribution in [0.3, 0.4) is 0 Å². The smallest absolute Gasteiger partial charge is 0.176 e. The van der Waals surface area contributed by atoms with Gasteiger partial charge < -0.3 is 4.74 Å². The zero-order valence-corrected chi connectivity index (χ0v) is 12.2. The average Bonchev–Trinajstić information content (AvgIpc) is 2.35. The topological polar surface area (TPSA) is 26.3 Å². The molecular weight excluding hydrogens is 280 g/mol. The van der Waals surface area contributed by atoms with Crippen LogP contribution >= 0.6 is 15.9 Å². The van der Waals surface area contributed by atoms with Gasteiger partial charge in [0.25, 0.3) is 0 Å². The van der Waals surface area contributed by atoms with Crippen molar-refractivity contribution in [3.05, 3.63) is 29.8 Å². The van der Waals surface area contributed by atoms with Gasteiger partial charge in [0.1, 0.15) is 5.75 Å². The molecule has 1 rings (SSSR count). The Bertz CT molecular complexity index is 357. The molecule has 0 amide bonds. The fraction of sp³-hybridized carbons (Fsp3) is 0.500. The van der Waals surface area contributed by atoms with Gasteiger partial charge in [-0.05, 0) is 36.6 Å². The third-order valence-corrected chi connectivity index (χ3v) is 3.92. The van der Waals surface area contributed by atoms with Crippen molar-refractivity contribution >= 4 is 21.7 Å². The largest absolute Gasteiger partial charge is 0.494 e. The van der Waals surface area contributed by atoms with Crippen molar-refractivity contribution in [2.75, 3.05) is 6.61 Å². The molecule has 0 N–H and O–H groups in total. The zero-order chi connectivity index (χ0) is 12.8. The highest BCUT2D eigenvalue weighted by Crippen LogP contribution is 2.20. The fourth-order valence-corrected chi connectivity index (χ4v) is 1.66. The summed E-state index contributed by atoms with van der Waals surface area (Å²) in [5.74, 6) is 1.24. The van der Waals surface area contributed by atoms with Gasteiger partial charge >= 0.3 is 0 Å². The first-order valence-electron chi connectivity index (χ1n) is 5.97. The first-order chi connectivity index (χ1) is 8.06. The second kappa shape index (κ2) is 6.80. The van der Waals surface area contributed by atoms with Crippen molar-refractivity contribution in [3.8, 4) is 5.75 Å². The summed E-state index contributed by atoms with van der Waals surface area (Å²) in [6.45, 7) is 6.82. The maximum Gasteiger partial charge on any atom is 0.176 e. The van der Waals surface area contributed by atoms with Crippen molar-refractivity contribution < 1.29 is 9.53 Å². The minimum Gasteiger partial charge on any atom is -0.494 e. The van der Waals surface area contributed by atoms with E-state index in [1.807, 2.05) is 38.1 Å². The van der Waals surface area contributed by atoms with E-state index in [1.165, 1.54) is 0 Å². The van der Waals surface area contributed by atoms with Crippen molar-refractivity contribution in [2.45, 2.75) is 32.0 Å². The molecule has 0 aliphatic carbocycles. The summed E-state index contributed by atoms with van der Waals surface area (Å²) in [5.41, 5.74) is 0.726. The molecule has 3 heteroatoms. The van der Waals surface area contributed by atoms with Crippen molar-refractivity contribution in [1.29, 1.82) is 0 Å². The van der Waals surface area contributed by atoms with E-state index in [2.05, 4.69) is 22.9 Å². The summed E-state index contributed by atoms with van der Waals surface area (Å²) in [5, 5.41) is 0. The van der Waals surface area contributed by atoms with E-state index < -0.39 is 0 Å². The molecule has 0 bridgehead atoms. The third-order valence-electron chi connectivity index (χ3n) is 2.45.